The number of ether oxygens (including phenoxy) is 7. The maximum Gasteiger partial charge on any atom is 0.187 e. The van der Waals surface area contributed by atoms with Gasteiger partial charge in [0, 0.05) is 75.0 Å². The molecular formula is C51H78N16O13. The van der Waals surface area contributed by atoms with Crippen LogP contribution in [0.25, 0.3) is 22.4 Å². The van der Waals surface area contributed by atoms with Gasteiger partial charge in [0.1, 0.15) is 85.3 Å². The van der Waals surface area contributed by atoms with Crippen molar-refractivity contribution in [3.8, 4) is 17.1 Å². The summed E-state index contributed by atoms with van der Waals surface area (Å²) in [4.78, 5) is 13.1. The van der Waals surface area contributed by atoms with E-state index in [4.69, 9.17) is 72.5 Å². The number of piperazine rings is 1. The average molecular weight is 1120 g/mol. The number of hydrogen-bond acceptors (Lipinski definition) is 26. The van der Waals surface area contributed by atoms with Crippen LogP contribution in [0.4, 0.5) is 5.69 Å². The predicted molar refractivity (Wildman–Crippen MR) is 285 cm³/mol. The van der Waals surface area contributed by atoms with E-state index in [1.165, 1.54) is 10.4 Å². The molecule has 29 nitrogen and oxygen atoms in total. The van der Waals surface area contributed by atoms with E-state index in [1.807, 2.05) is 30.5 Å². The third-order valence-corrected chi connectivity index (χ3v) is 15.9. The molecule has 10 rings (SSSR count). The molecule has 29 heteroatoms. The average Bonchev–Trinajstić information content (AvgIpc) is 4.30. The molecule has 3 aromatic heterocycles. The Morgan fingerprint density at radius 2 is 1.23 bits per heavy atom. The molecule has 440 valence electrons. The molecule has 0 bridgehead atoms. The number of hydrogen-bond donors (Lipinski definition) is 13. The molecule has 1 aliphatic carbocycles. The van der Waals surface area contributed by atoms with Gasteiger partial charge >= 0.3 is 0 Å². The van der Waals surface area contributed by atoms with E-state index in [0.29, 0.717) is 31.7 Å². The van der Waals surface area contributed by atoms with E-state index in [2.05, 4.69) is 60.7 Å². The minimum Gasteiger partial charge on any atom is -0.492 e. The fourth-order valence-corrected chi connectivity index (χ4v) is 11.0. The third kappa shape index (κ3) is 13.0. The Labute approximate surface area is 461 Å². The van der Waals surface area contributed by atoms with Gasteiger partial charge < -0.3 is 113 Å². The number of nitrogens with zero attached hydrogens (tertiary/aromatic N) is 9. The summed E-state index contributed by atoms with van der Waals surface area (Å²) < 4.78 is 46.1. The lowest BCUT2D eigenvalue weighted by Gasteiger charge is -2.47. The topological polar surface area (TPSA) is 439 Å². The lowest BCUT2D eigenvalue weighted by Crippen LogP contribution is -2.68. The fourth-order valence-electron chi connectivity index (χ4n) is 11.0. The zero-order valence-corrected chi connectivity index (χ0v) is 44.6. The number of aliphatic hydroxyl groups excluding tert-OH is 6. The number of aryl methyl sites for hydroxylation is 2. The Morgan fingerprint density at radius 1 is 0.637 bits per heavy atom. The molecule has 2 aromatic carbocycles. The number of imidazole rings is 1. The molecule has 0 spiro atoms. The van der Waals surface area contributed by atoms with Gasteiger partial charge in [-0.3, -0.25) is 0 Å². The van der Waals surface area contributed by atoms with Gasteiger partial charge in [-0.05, 0) is 81.6 Å². The van der Waals surface area contributed by atoms with E-state index in [-0.39, 0.29) is 26.1 Å². The van der Waals surface area contributed by atoms with Crippen LogP contribution in [0.3, 0.4) is 0 Å². The van der Waals surface area contributed by atoms with Gasteiger partial charge in [-0.15, -0.1) is 10.2 Å². The Kier molecular flexibility index (Phi) is 18.7. The predicted octanol–water partition coefficient (Wildman–Crippen LogP) is -5.06. The second-order valence-corrected chi connectivity index (χ2v) is 21.6. The van der Waals surface area contributed by atoms with E-state index in [9.17, 15) is 30.6 Å². The highest BCUT2D eigenvalue weighted by Crippen LogP contribution is 2.35. The number of likely N-dealkylation sites (N-methyl/N-ethyl adjacent to an activating group) is 1. The number of nitrogens with one attached hydrogen (secondary N) is 1. The Bertz CT molecular complexity index is 2750. The molecule has 19 atom stereocenters. The number of fused-ring (bicyclic) bond motifs is 1. The molecule has 0 radical (unpaired) electrons. The van der Waals surface area contributed by atoms with Gasteiger partial charge in [-0.1, -0.05) is 10.4 Å². The monoisotopic (exact) mass is 1120 g/mol. The summed E-state index contributed by atoms with van der Waals surface area (Å²) in [5.41, 5.74) is 42.6. The van der Waals surface area contributed by atoms with E-state index < -0.39 is 116 Å². The summed E-state index contributed by atoms with van der Waals surface area (Å²) in [6.07, 6.45) is -13.6. The van der Waals surface area contributed by atoms with Crippen LogP contribution < -0.4 is 44.0 Å². The summed E-state index contributed by atoms with van der Waals surface area (Å²) >= 11 is 0. The van der Waals surface area contributed by atoms with E-state index in [0.717, 1.165) is 72.9 Å². The summed E-state index contributed by atoms with van der Waals surface area (Å²) in [7, 11) is 2.15. The highest BCUT2D eigenvalue weighted by molar-refractivity contribution is 5.83. The van der Waals surface area contributed by atoms with Gasteiger partial charge in [0.25, 0.3) is 0 Å². The first-order valence-corrected chi connectivity index (χ1v) is 27.4. The number of nitrogens with two attached hydrogens (primary N) is 6. The number of aromatic amines is 1. The van der Waals surface area contributed by atoms with Crippen molar-refractivity contribution in [1.29, 1.82) is 0 Å². The first-order valence-electron chi connectivity index (χ1n) is 27.4. The second kappa shape index (κ2) is 25.7. The van der Waals surface area contributed by atoms with E-state index in [1.54, 1.807) is 10.9 Å². The van der Waals surface area contributed by atoms with Crippen molar-refractivity contribution < 1.29 is 63.8 Å². The van der Waals surface area contributed by atoms with Crippen molar-refractivity contribution in [3.05, 3.63) is 66.2 Å². The van der Waals surface area contributed by atoms with Crippen molar-refractivity contribution in [2.45, 2.75) is 161 Å². The highest BCUT2D eigenvalue weighted by atomic mass is 16.8. The summed E-state index contributed by atoms with van der Waals surface area (Å²) in [5.74, 6) is 1.54. The van der Waals surface area contributed by atoms with Crippen LogP contribution in [0, 0.1) is 0 Å². The highest BCUT2D eigenvalue weighted by Gasteiger charge is 2.54. The lowest BCUT2D eigenvalue weighted by molar-refractivity contribution is -0.306. The smallest absolute Gasteiger partial charge is 0.187 e. The summed E-state index contributed by atoms with van der Waals surface area (Å²) in [5, 5.41) is 83.2. The van der Waals surface area contributed by atoms with Gasteiger partial charge in [-0.2, -0.15) is 0 Å². The standard InChI is InChI=1S/C51H78N16O13/c1-64-12-14-65(15-13-64)28-8-11-32-33(18-28)59-48(58-32)25-6-9-29(10-7-25)74-17-16-66-22-26(60-62-66)4-2-3-5-27-23-67(63-61-27)24-36-46(79-50-38(57)43(72)41(70)35(21-53)76-50)44(73)51(77-36)80-47-39(68)30(54)19-31(55)45(47)78-49-37(56)42(71)40(69)34(20-52)75-49/h6-11,18,22-23,30-31,34-47,49-51,68-73H,2-5,12-17,19-21,24,52-57H2,1H3,(H,58,59)/t30-,31+,34-,35+,36-,37-,38-,39+,40-,41-,42-,43-,44-,45-,46-,47-,49-,50-,51+/m1/s1. The van der Waals surface area contributed by atoms with Crippen molar-refractivity contribution in [3.63, 3.8) is 0 Å². The summed E-state index contributed by atoms with van der Waals surface area (Å²) in [6, 6.07) is 9.95. The Morgan fingerprint density at radius 3 is 1.86 bits per heavy atom. The van der Waals surface area contributed by atoms with Crippen LogP contribution in [-0.2, 0) is 54.4 Å². The molecule has 80 heavy (non-hydrogen) atoms. The first-order chi connectivity index (χ1) is 38.5. The number of H-pyrrole nitrogens is 1. The van der Waals surface area contributed by atoms with Crippen LogP contribution in [-0.4, -0.2) is 245 Å². The summed E-state index contributed by atoms with van der Waals surface area (Å²) in [6.45, 7) is 4.61. The van der Waals surface area contributed by atoms with Crippen LogP contribution in [0.5, 0.6) is 5.75 Å². The van der Waals surface area contributed by atoms with E-state index >= 15 is 0 Å². The molecule has 7 heterocycles. The van der Waals surface area contributed by atoms with Gasteiger partial charge in [0.15, 0.2) is 18.9 Å². The van der Waals surface area contributed by atoms with Crippen LogP contribution in [0.15, 0.2) is 54.9 Å². The first kappa shape index (κ1) is 58.2. The van der Waals surface area contributed by atoms with Crippen molar-refractivity contribution in [1.82, 2.24) is 44.9 Å². The zero-order chi connectivity index (χ0) is 56.4. The molecule has 0 unspecified atom stereocenters. The second-order valence-electron chi connectivity index (χ2n) is 21.6. The number of rotatable bonds is 21. The third-order valence-electron chi connectivity index (χ3n) is 15.9. The largest absolute Gasteiger partial charge is 0.492 e. The number of unbranched alkanes of at least 4 members (excludes halogenated alkanes) is 1. The van der Waals surface area contributed by atoms with Crippen LogP contribution >= 0.6 is 0 Å². The van der Waals surface area contributed by atoms with Gasteiger partial charge in [-0.25, -0.2) is 14.3 Å². The van der Waals surface area contributed by atoms with Crippen LogP contribution in [0.1, 0.15) is 30.7 Å². The molecule has 5 aromatic rings. The minimum absolute atomic E-state index is 0.0429. The maximum absolute atomic E-state index is 11.9. The molecule has 4 aliphatic heterocycles. The van der Waals surface area contributed by atoms with Crippen molar-refractivity contribution in [2.75, 3.05) is 57.8 Å². The van der Waals surface area contributed by atoms with Gasteiger partial charge in [0.2, 0.25) is 0 Å². The maximum atomic E-state index is 11.9. The zero-order valence-electron chi connectivity index (χ0n) is 44.6. The Hall–Kier alpha value is -4.97. The minimum atomic E-state index is -1.62. The molecule has 4 saturated heterocycles. The molecule has 19 N–H and O–H groups in total. The quantitative estimate of drug-likeness (QED) is 0.0306. The molecule has 0 amide bonds. The fraction of sp³-hybridized carbons (Fsp3) is 0.667. The number of anilines is 1. The molecule has 5 aliphatic rings. The number of aromatic nitrogens is 8. The number of aliphatic hydroxyl groups is 6. The lowest BCUT2D eigenvalue weighted by atomic mass is 9.84. The van der Waals surface area contributed by atoms with Crippen LogP contribution in [0.2, 0.25) is 0 Å². The van der Waals surface area contributed by atoms with Crippen molar-refractivity contribution in [2.24, 2.45) is 34.4 Å². The molecule has 1 saturated carbocycles. The Balaban J connectivity index is 0.718. The normalized spacial score (nSPS) is 35.3. The molecular weight excluding hydrogens is 1040 g/mol. The molecule has 5 fully saturated rings. The van der Waals surface area contributed by atoms with Crippen molar-refractivity contribution >= 4 is 16.7 Å². The van der Waals surface area contributed by atoms with Gasteiger partial charge in [0.05, 0.1) is 53.7 Å². The number of benzene rings is 2. The SMILES string of the molecule is CN1CCN(c2ccc3nc(-c4ccc(OCCn5cc(CCCCc6cn(C[C@H]7O[C@@H](O[C@@H]8[C@@H](O)[C@H](N)C[C@H](N)[C@H]8O[C@H]8O[C@H](CN)[C@@H](O)[C@H](O)[C@H]8N)[C@H](O)[C@@H]7O[C@H]7O[C@@H](CN)[C@@H](O)[C@H](O)[C@H]7N)nn6)nn5)cc4)[nH]c3c2)CC1.